The van der Waals surface area contributed by atoms with Gasteiger partial charge in [-0.3, -0.25) is 19.0 Å². The summed E-state index contributed by atoms with van der Waals surface area (Å²) in [6.07, 6.45) is -0.467. The Labute approximate surface area is 152 Å². The molecular formula is C16H19F3N6O2. The van der Waals surface area contributed by atoms with Crippen LogP contribution in [0.2, 0.25) is 0 Å². The van der Waals surface area contributed by atoms with Crippen LogP contribution in [0.3, 0.4) is 0 Å². The molecule has 0 aromatic carbocycles. The molecule has 1 N–H and O–H groups in total. The van der Waals surface area contributed by atoms with Crippen LogP contribution in [0.25, 0.3) is 0 Å². The first-order valence-electron chi connectivity index (χ1n) is 8.42. The molecule has 0 aliphatic carbocycles. The highest BCUT2D eigenvalue weighted by Gasteiger charge is 2.36. The van der Waals surface area contributed by atoms with E-state index in [1.54, 1.807) is 11.9 Å². The number of amides is 2. The van der Waals surface area contributed by atoms with E-state index in [0.717, 1.165) is 26.3 Å². The van der Waals surface area contributed by atoms with Crippen molar-refractivity contribution in [3.63, 3.8) is 0 Å². The summed E-state index contributed by atoms with van der Waals surface area (Å²) < 4.78 is 40.6. The van der Waals surface area contributed by atoms with Gasteiger partial charge in [-0.15, -0.1) is 0 Å². The number of aryl methyl sites for hydroxylation is 2. The molecule has 0 saturated carbocycles. The van der Waals surface area contributed by atoms with Gasteiger partial charge in [0, 0.05) is 33.3 Å². The number of piperidine rings is 1. The van der Waals surface area contributed by atoms with E-state index in [0.29, 0.717) is 23.8 Å². The minimum absolute atomic E-state index is 0.136. The first kappa shape index (κ1) is 18.9. The maximum Gasteiger partial charge on any atom is 0.433 e. The molecule has 0 bridgehead atoms. The molecule has 0 unspecified atom stereocenters. The van der Waals surface area contributed by atoms with E-state index in [4.69, 9.17) is 0 Å². The fourth-order valence-corrected chi connectivity index (χ4v) is 3.06. The van der Waals surface area contributed by atoms with Crippen LogP contribution in [-0.2, 0) is 20.3 Å². The third kappa shape index (κ3) is 3.81. The highest BCUT2D eigenvalue weighted by Crippen LogP contribution is 2.29. The molecule has 1 saturated heterocycles. The number of carbonyl (C=O) groups is 2. The van der Waals surface area contributed by atoms with Crippen molar-refractivity contribution in [2.45, 2.75) is 25.4 Å². The van der Waals surface area contributed by atoms with E-state index in [9.17, 15) is 22.8 Å². The number of aromatic nitrogens is 4. The van der Waals surface area contributed by atoms with E-state index >= 15 is 0 Å². The molecule has 2 amide bonds. The summed E-state index contributed by atoms with van der Waals surface area (Å²) in [5, 5.41) is 10.0. The van der Waals surface area contributed by atoms with Gasteiger partial charge in [-0.1, -0.05) is 0 Å². The fourth-order valence-electron chi connectivity index (χ4n) is 3.06. The van der Waals surface area contributed by atoms with Gasteiger partial charge in [0.1, 0.15) is 11.4 Å². The van der Waals surface area contributed by atoms with Crippen molar-refractivity contribution >= 4 is 17.5 Å². The fraction of sp³-hybridized carbons (Fsp3) is 0.500. The first-order chi connectivity index (χ1) is 12.7. The van der Waals surface area contributed by atoms with Crippen molar-refractivity contribution < 1.29 is 22.8 Å². The van der Waals surface area contributed by atoms with Gasteiger partial charge in [0.15, 0.2) is 5.69 Å². The number of hydrogen-bond donors (Lipinski definition) is 1. The number of nitrogens with zero attached hydrogens (tertiary/aromatic N) is 5. The minimum Gasteiger partial charge on any atom is -0.337 e. The standard InChI is InChI=1S/C16H19F3N6O2/c1-23-12(16(17,18)19)8-10(22-23)14(26)21-11-9-20-24(2)13(11)15(27)25-6-4-3-5-7-25/h8-9H,3-7H2,1-2H3,(H,21,26). The monoisotopic (exact) mass is 384 g/mol. The third-order valence-corrected chi connectivity index (χ3v) is 4.44. The van der Waals surface area contributed by atoms with Crippen LogP contribution in [0.5, 0.6) is 0 Å². The molecule has 0 spiro atoms. The Bertz CT molecular complexity index is 864. The zero-order chi connectivity index (χ0) is 19.8. The van der Waals surface area contributed by atoms with Gasteiger partial charge >= 0.3 is 6.18 Å². The number of halogens is 3. The second-order valence-corrected chi connectivity index (χ2v) is 6.37. The van der Waals surface area contributed by atoms with Crippen LogP contribution in [0, 0.1) is 0 Å². The maximum absolute atomic E-state index is 12.9. The summed E-state index contributed by atoms with van der Waals surface area (Å²) in [6, 6.07) is 0.665. The lowest BCUT2D eigenvalue weighted by Crippen LogP contribution is -2.37. The number of likely N-dealkylation sites (tertiary alicyclic amines) is 1. The van der Waals surface area contributed by atoms with Crippen molar-refractivity contribution in [2.24, 2.45) is 14.1 Å². The zero-order valence-electron chi connectivity index (χ0n) is 14.9. The smallest absolute Gasteiger partial charge is 0.337 e. The molecule has 0 radical (unpaired) electrons. The van der Waals surface area contributed by atoms with E-state index < -0.39 is 23.5 Å². The van der Waals surface area contributed by atoms with Crippen molar-refractivity contribution in [3.8, 4) is 0 Å². The van der Waals surface area contributed by atoms with Crippen LogP contribution < -0.4 is 5.32 Å². The SMILES string of the molecule is Cn1nc(C(=O)Nc2cnn(C)c2C(=O)N2CCCCC2)cc1C(F)(F)F. The van der Waals surface area contributed by atoms with Gasteiger partial charge in [-0.25, -0.2) is 0 Å². The lowest BCUT2D eigenvalue weighted by atomic mass is 10.1. The van der Waals surface area contributed by atoms with Crippen LogP contribution in [0.4, 0.5) is 18.9 Å². The number of rotatable bonds is 3. The molecule has 8 nitrogen and oxygen atoms in total. The van der Waals surface area contributed by atoms with E-state index in [2.05, 4.69) is 15.5 Å². The lowest BCUT2D eigenvalue weighted by molar-refractivity contribution is -0.143. The molecule has 3 rings (SSSR count). The molecule has 146 valence electrons. The van der Waals surface area contributed by atoms with Gasteiger partial charge in [-0.2, -0.15) is 23.4 Å². The molecule has 1 aliphatic rings. The highest BCUT2D eigenvalue weighted by atomic mass is 19.4. The van der Waals surface area contributed by atoms with E-state index in [1.165, 1.54) is 10.9 Å². The normalized spacial score (nSPS) is 15.1. The molecule has 1 fully saturated rings. The molecule has 2 aromatic rings. The van der Waals surface area contributed by atoms with Gasteiger partial charge in [0.25, 0.3) is 11.8 Å². The van der Waals surface area contributed by atoms with Gasteiger partial charge in [-0.05, 0) is 19.3 Å². The van der Waals surface area contributed by atoms with Gasteiger partial charge in [0.05, 0.1) is 11.9 Å². The Balaban J connectivity index is 1.82. The zero-order valence-corrected chi connectivity index (χ0v) is 14.9. The summed E-state index contributed by atoms with van der Waals surface area (Å²) >= 11 is 0. The first-order valence-corrected chi connectivity index (χ1v) is 8.42. The van der Waals surface area contributed by atoms with Crippen molar-refractivity contribution in [1.82, 2.24) is 24.5 Å². The summed E-state index contributed by atoms with van der Waals surface area (Å²) in [5.41, 5.74) is -1.12. The second-order valence-electron chi connectivity index (χ2n) is 6.37. The van der Waals surface area contributed by atoms with Crippen molar-refractivity contribution in [1.29, 1.82) is 0 Å². The molecule has 27 heavy (non-hydrogen) atoms. The van der Waals surface area contributed by atoms with E-state index in [-0.39, 0.29) is 17.3 Å². The Morgan fingerprint density at radius 3 is 2.37 bits per heavy atom. The van der Waals surface area contributed by atoms with E-state index in [1.807, 2.05) is 0 Å². The van der Waals surface area contributed by atoms with Crippen LogP contribution >= 0.6 is 0 Å². The largest absolute Gasteiger partial charge is 0.433 e. The summed E-state index contributed by atoms with van der Waals surface area (Å²) in [7, 11) is 2.67. The number of hydrogen-bond acceptors (Lipinski definition) is 4. The number of alkyl halides is 3. The molecular weight excluding hydrogens is 365 g/mol. The minimum atomic E-state index is -4.62. The Morgan fingerprint density at radius 2 is 1.78 bits per heavy atom. The highest BCUT2D eigenvalue weighted by molar-refractivity contribution is 6.07. The Morgan fingerprint density at radius 1 is 1.11 bits per heavy atom. The van der Waals surface area contributed by atoms with Crippen LogP contribution in [0.15, 0.2) is 12.3 Å². The quantitative estimate of drug-likeness (QED) is 0.878. The average molecular weight is 384 g/mol. The van der Waals surface area contributed by atoms with Gasteiger partial charge in [0.2, 0.25) is 0 Å². The molecule has 2 aromatic heterocycles. The average Bonchev–Trinajstić information content (AvgIpc) is 3.18. The number of carbonyl (C=O) groups excluding carboxylic acids is 2. The Kier molecular flexibility index (Phi) is 4.94. The molecule has 1 aliphatic heterocycles. The number of nitrogens with one attached hydrogen (secondary N) is 1. The second kappa shape index (κ2) is 7.05. The lowest BCUT2D eigenvalue weighted by Gasteiger charge is -2.27. The third-order valence-electron chi connectivity index (χ3n) is 4.44. The molecule has 11 heteroatoms. The van der Waals surface area contributed by atoms with Crippen molar-refractivity contribution in [2.75, 3.05) is 18.4 Å². The van der Waals surface area contributed by atoms with Crippen molar-refractivity contribution in [3.05, 3.63) is 29.3 Å². The Hall–Kier alpha value is -2.85. The predicted octanol–water partition coefficient (Wildman–Crippen LogP) is 2.05. The number of anilines is 1. The van der Waals surface area contributed by atoms with Crippen LogP contribution in [-0.4, -0.2) is 49.4 Å². The summed E-state index contributed by atoms with van der Waals surface area (Å²) in [4.78, 5) is 26.8. The van der Waals surface area contributed by atoms with Crippen LogP contribution in [0.1, 0.15) is 45.9 Å². The molecule has 3 heterocycles. The summed E-state index contributed by atoms with van der Waals surface area (Å²) in [6.45, 7) is 1.24. The molecule has 0 atom stereocenters. The maximum atomic E-state index is 12.9. The topological polar surface area (TPSA) is 85.0 Å². The predicted molar refractivity (Wildman–Crippen MR) is 89.1 cm³/mol. The summed E-state index contributed by atoms with van der Waals surface area (Å²) in [5.74, 6) is -1.12. The van der Waals surface area contributed by atoms with Gasteiger partial charge < -0.3 is 10.2 Å².